The molecule has 18 heavy (non-hydrogen) atoms. The average Bonchev–Trinajstić information content (AvgIpc) is 2.95. The lowest BCUT2D eigenvalue weighted by Gasteiger charge is -2.16. The lowest BCUT2D eigenvalue weighted by Crippen LogP contribution is -2.35. The van der Waals surface area contributed by atoms with Crippen molar-refractivity contribution in [3.8, 4) is 0 Å². The highest BCUT2D eigenvalue weighted by molar-refractivity contribution is 5.37. The molecule has 0 spiro atoms. The van der Waals surface area contributed by atoms with E-state index in [-0.39, 0.29) is 5.92 Å². The number of aromatic nitrogens is 4. The van der Waals surface area contributed by atoms with Crippen LogP contribution >= 0.6 is 0 Å². The van der Waals surface area contributed by atoms with Crippen molar-refractivity contribution >= 4 is 5.65 Å². The zero-order valence-corrected chi connectivity index (χ0v) is 10.6. The number of hydrogen-bond donors (Lipinski definition) is 1. The van der Waals surface area contributed by atoms with Gasteiger partial charge in [-0.15, -0.1) is 10.2 Å². The molecule has 0 amide bonds. The van der Waals surface area contributed by atoms with Crippen LogP contribution in [-0.4, -0.2) is 45.6 Å². The number of likely N-dealkylation sites (N-methyl/N-ethyl adjacent to an activating group) is 1. The van der Waals surface area contributed by atoms with Crippen molar-refractivity contribution < 1.29 is 4.74 Å². The van der Waals surface area contributed by atoms with E-state index in [1.54, 1.807) is 0 Å². The van der Waals surface area contributed by atoms with E-state index in [1.807, 2.05) is 23.6 Å². The van der Waals surface area contributed by atoms with Gasteiger partial charge in [0.25, 0.3) is 0 Å². The molecular formula is C12H17N5O. The smallest absolute Gasteiger partial charge is 0.177 e. The molecule has 2 aromatic heterocycles. The molecule has 96 valence electrons. The fourth-order valence-electron chi connectivity index (χ4n) is 2.40. The van der Waals surface area contributed by atoms with E-state index in [2.05, 4.69) is 27.5 Å². The Balaban J connectivity index is 2.00. The van der Waals surface area contributed by atoms with Gasteiger partial charge in [-0.25, -0.2) is 0 Å². The van der Waals surface area contributed by atoms with Gasteiger partial charge in [-0.05, 0) is 25.6 Å². The molecule has 3 rings (SSSR count). The van der Waals surface area contributed by atoms with E-state index in [0.717, 1.165) is 30.3 Å². The van der Waals surface area contributed by atoms with Gasteiger partial charge in [-0.2, -0.15) is 9.61 Å². The number of nitrogens with zero attached hydrogens (tertiary/aromatic N) is 4. The van der Waals surface area contributed by atoms with Crippen molar-refractivity contribution in [2.45, 2.75) is 25.8 Å². The highest BCUT2D eigenvalue weighted by atomic mass is 16.5. The van der Waals surface area contributed by atoms with Gasteiger partial charge in [-0.1, -0.05) is 6.92 Å². The maximum Gasteiger partial charge on any atom is 0.177 e. The van der Waals surface area contributed by atoms with Crippen LogP contribution in [0.4, 0.5) is 0 Å². The predicted molar refractivity (Wildman–Crippen MR) is 66.5 cm³/mol. The lowest BCUT2D eigenvalue weighted by molar-refractivity contribution is 0.187. The van der Waals surface area contributed by atoms with Gasteiger partial charge in [0.05, 0.1) is 24.8 Å². The number of rotatable bonds is 3. The van der Waals surface area contributed by atoms with Crippen molar-refractivity contribution in [1.82, 2.24) is 25.1 Å². The van der Waals surface area contributed by atoms with E-state index < -0.39 is 0 Å². The Kier molecular flexibility index (Phi) is 2.97. The molecule has 1 aliphatic heterocycles. The molecule has 6 heteroatoms. The third kappa shape index (κ3) is 1.87. The van der Waals surface area contributed by atoms with Gasteiger partial charge in [-0.3, -0.25) is 0 Å². The molecule has 0 radical (unpaired) electrons. The Labute approximate surface area is 105 Å². The maximum atomic E-state index is 5.55. The molecule has 3 heterocycles. The normalized spacial score (nSPS) is 23.9. The van der Waals surface area contributed by atoms with Crippen LogP contribution in [0.3, 0.4) is 0 Å². The minimum Gasteiger partial charge on any atom is -0.379 e. The summed E-state index contributed by atoms with van der Waals surface area (Å²) in [4.78, 5) is 0. The molecule has 1 aliphatic rings. The zero-order valence-electron chi connectivity index (χ0n) is 10.6. The molecule has 0 bridgehead atoms. The second-order valence-corrected chi connectivity index (χ2v) is 4.61. The maximum absolute atomic E-state index is 5.55. The van der Waals surface area contributed by atoms with Gasteiger partial charge in [0.2, 0.25) is 0 Å². The minimum atomic E-state index is 0.217. The van der Waals surface area contributed by atoms with Crippen molar-refractivity contribution in [3.63, 3.8) is 0 Å². The first-order valence-electron chi connectivity index (χ1n) is 6.29. The Hall–Kier alpha value is -1.53. The Morgan fingerprint density at radius 3 is 3.11 bits per heavy atom. The second kappa shape index (κ2) is 4.62. The molecule has 6 nitrogen and oxygen atoms in total. The summed E-state index contributed by atoms with van der Waals surface area (Å²) in [5.74, 6) is 1.10. The van der Waals surface area contributed by atoms with Crippen molar-refractivity contribution in [3.05, 3.63) is 23.7 Å². The zero-order chi connectivity index (χ0) is 12.5. The second-order valence-electron chi connectivity index (χ2n) is 4.61. The van der Waals surface area contributed by atoms with Crippen LogP contribution < -0.4 is 5.32 Å². The first-order valence-corrected chi connectivity index (χ1v) is 6.29. The van der Waals surface area contributed by atoms with Gasteiger partial charge in [0.15, 0.2) is 11.5 Å². The SMILES string of the molecule is CCNC1COCC1c1nnc2ccc(C)nn12. The lowest BCUT2D eigenvalue weighted by atomic mass is 10.0. The summed E-state index contributed by atoms with van der Waals surface area (Å²) < 4.78 is 7.39. The summed E-state index contributed by atoms with van der Waals surface area (Å²) in [7, 11) is 0. The van der Waals surface area contributed by atoms with Crippen LogP contribution in [0.2, 0.25) is 0 Å². The molecule has 1 N–H and O–H groups in total. The van der Waals surface area contributed by atoms with Crippen molar-refractivity contribution in [2.75, 3.05) is 19.8 Å². The molecular weight excluding hydrogens is 230 g/mol. The van der Waals surface area contributed by atoms with E-state index in [1.165, 1.54) is 0 Å². The van der Waals surface area contributed by atoms with E-state index in [9.17, 15) is 0 Å². The third-order valence-corrected chi connectivity index (χ3v) is 3.30. The number of ether oxygens (including phenoxy) is 1. The largest absolute Gasteiger partial charge is 0.379 e. The van der Waals surface area contributed by atoms with E-state index in [4.69, 9.17) is 4.74 Å². The summed E-state index contributed by atoms with van der Waals surface area (Å²) in [6.07, 6.45) is 0. The number of hydrogen-bond acceptors (Lipinski definition) is 5. The third-order valence-electron chi connectivity index (χ3n) is 3.30. The summed E-state index contributed by atoms with van der Waals surface area (Å²) in [5, 5.41) is 16.4. The van der Waals surface area contributed by atoms with Gasteiger partial charge in [0.1, 0.15) is 0 Å². The molecule has 2 atom stereocenters. The highest BCUT2D eigenvalue weighted by Crippen LogP contribution is 2.24. The monoisotopic (exact) mass is 247 g/mol. The van der Waals surface area contributed by atoms with Crippen molar-refractivity contribution in [1.29, 1.82) is 0 Å². The number of aryl methyl sites for hydroxylation is 1. The van der Waals surface area contributed by atoms with Crippen LogP contribution in [0.1, 0.15) is 24.4 Å². The number of nitrogens with one attached hydrogen (secondary N) is 1. The summed E-state index contributed by atoms with van der Waals surface area (Å²) >= 11 is 0. The van der Waals surface area contributed by atoms with Crippen LogP contribution in [0, 0.1) is 6.92 Å². The standard InChI is InChI=1S/C12H17N5O/c1-3-13-10-7-18-6-9(10)12-15-14-11-5-4-8(2)16-17(11)12/h4-5,9-10,13H,3,6-7H2,1-2H3. The first-order chi connectivity index (χ1) is 8.79. The average molecular weight is 247 g/mol. The fraction of sp³-hybridized carbons (Fsp3) is 0.583. The quantitative estimate of drug-likeness (QED) is 0.857. The van der Waals surface area contributed by atoms with Crippen LogP contribution in [-0.2, 0) is 4.74 Å². The van der Waals surface area contributed by atoms with Crippen LogP contribution in [0.15, 0.2) is 12.1 Å². The topological polar surface area (TPSA) is 64.3 Å². The van der Waals surface area contributed by atoms with Gasteiger partial charge < -0.3 is 10.1 Å². The van der Waals surface area contributed by atoms with E-state index >= 15 is 0 Å². The number of fused-ring (bicyclic) bond motifs is 1. The Morgan fingerprint density at radius 1 is 1.39 bits per heavy atom. The minimum absolute atomic E-state index is 0.217. The highest BCUT2D eigenvalue weighted by Gasteiger charge is 2.32. The molecule has 0 saturated carbocycles. The summed E-state index contributed by atoms with van der Waals surface area (Å²) in [5.41, 5.74) is 1.75. The molecule has 1 saturated heterocycles. The Morgan fingerprint density at radius 2 is 2.28 bits per heavy atom. The Bertz CT molecular complexity index is 552. The summed E-state index contributed by atoms with van der Waals surface area (Å²) in [6, 6.07) is 4.18. The molecule has 0 aromatic carbocycles. The molecule has 1 fully saturated rings. The molecule has 0 aliphatic carbocycles. The van der Waals surface area contributed by atoms with Gasteiger partial charge >= 0.3 is 0 Å². The van der Waals surface area contributed by atoms with Crippen molar-refractivity contribution in [2.24, 2.45) is 0 Å². The van der Waals surface area contributed by atoms with Gasteiger partial charge in [0, 0.05) is 6.04 Å². The molecule has 2 aromatic rings. The molecule has 2 unspecified atom stereocenters. The van der Waals surface area contributed by atoms with E-state index in [0.29, 0.717) is 12.6 Å². The summed E-state index contributed by atoms with van der Waals surface area (Å²) in [6.45, 7) is 6.39. The van der Waals surface area contributed by atoms with Crippen LogP contribution in [0.5, 0.6) is 0 Å². The predicted octanol–water partition coefficient (Wildman–Crippen LogP) is 0.525. The fourth-order valence-corrected chi connectivity index (χ4v) is 2.40. The van der Waals surface area contributed by atoms with Crippen LogP contribution in [0.25, 0.3) is 5.65 Å². The first kappa shape index (κ1) is 11.6.